The molecule has 0 aliphatic carbocycles. The van der Waals surface area contributed by atoms with Gasteiger partial charge in [0.2, 0.25) is 0 Å². The van der Waals surface area contributed by atoms with Gasteiger partial charge in [0, 0.05) is 16.5 Å². The number of esters is 1. The molecule has 1 N–H and O–H groups in total. The Balaban J connectivity index is 1.62. The molecule has 2 heterocycles. The highest BCUT2D eigenvalue weighted by molar-refractivity contribution is 9.10. The third-order valence-electron chi connectivity index (χ3n) is 5.26. The lowest BCUT2D eigenvalue weighted by Gasteiger charge is -2.23. The van der Waals surface area contributed by atoms with E-state index < -0.39 is 12.1 Å². The minimum Gasteiger partial charge on any atom is -0.464 e. The Morgan fingerprint density at radius 1 is 1.24 bits per heavy atom. The molecule has 172 valence electrons. The van der Waals surface area contributed by atoms with Crippen LogP contribution in [0.2, 0.25) is 0 Å². The van der Waals surface area contributed by atoms with Crippen LogP contribution in [0.15, 0.2) is 58.7 Å². The second-order valence-corrected chi connectivity index (χ2v) is 8.46. The zero-order valence-corrected chi connectivity index (χ0v) is 19.7. The van der Waals surface area contributed by atoms with Crippen molar-refractivity contribution in [1.82, 2.24) is 15.1 Å². The Bertz CT molecular complexity index is 1170. The van der Waals surface area contributed by atoms with Gasteiger partial charge in [0.05, 0.1) is 18.3 Å². The van der Waals surface area contributed by atoms with Crippen LogP contribution < -0.4 is 5.32 Å². The van der Waals surface area contributed by atoms with Crippen LogP contribution in [0, 0.1) is 0 Å². The Hall–Kier alpha value is -3.17. The largest absolute Gasteiger partial charge is 0.464 e. The van der Waals surface area contributed by atoms with Crippen molar-refractivity contribution in [2.75, 3.05) is 13.7 Å². The highest BCUT2D eigenvalue weighted by Crippen LogP contribution is 2.30. The smallest absolute Gasteiger partial charge is 0.412 e. The van der Waals surface area contributed by atoms with E-state index in [9.17, 15) is 9.59 Å². The van der Waals surface area contributed by atoms with E-state index in [4.69, 9.17) is 19.3 Å². The van der Waals surface area contributed by atoms with Crippen molar-refractivity contribution >= 4 is 45.0 Å². The summed E-state index contributed by atoms with van der Waals surface area (Å²) in [5.41, 5.74) is 2.13. The molecule has 0 spiro atoms. The Kier molecular flexibility index (Phi) is 7.41. The zero-order valence-electron chi connectivity index (χ0n) is 18.1. The highest BCUT2D eigenvalue weighted by atomic mass is 79.9. The highest BCUT2D eigenvalue weighted by Gasteiger charge is 2.22. The number of fused-ring (bicyclic) bond motifs is 1. The maximum Gasteiger partial charge on any atom is 0.412 e. The molecule has 0 saturated carbocycles. The number of aromatic nitrogens is 2. The summed E-state index contributed by atoms with van der Waals surface area (Å²) < 4.78 is 18.8. The summed E-state index contributed by atoms with van der Waals surface area (Å²) in [6.45, 7) is 0.749. The first-order valence-electron chi connectivity index (χ1n) is 10.6. The van der Waals surface area contributed by atoms with Gasteiger partial charge in [-0.3, -0.25) is 5.32 Å². The predicted molar refractivity (Wildman–Crippen MR) is 126 cm³/mol. The maximum absolute atomic E-state index is 12.4. The number of ether oxygens (including phenoxy) is 3. The van der Waals surface area contributed by atoms with Crippen molar-refractivity contribution in [2.24, 2.45) is 0 Å². The average Bonchev–Trinajstić information content (AvgIpc) is 3.20. The molecule has 1 atom stereocenters. The van der Waals surface area contributed by atoms with Crippen molar-refractivity contribution in [3.8, 4) is 0 Å². The van der Waals surface area contributed by atoms with Gasteiger partial charge in [0.25, 0.3) is 0 Å². The molecule has 2 aromatic carbocycles. The van der Waals surface area contributed by atoms with E-state index in [2.05, 4.69) is 21.2 Å². The van der Waals surface area contributed by atoms with Crippen LogP contribution in [0.4, 0.5) is 4.79 Å². The van der Waals surface area contributed by atoms with Crippen LogP contribution in [-0.2, 0) is 25.6 Å². The van der Waals surface area contributed by atoms with Crippen molar-refractivity contribution < 1.29 is 23.8 Å². The Morgan fingerprint density at radius 2 is 2.06 bits per heavy atom. The van der Waals surface area contributed by atoms with E-state index in [-0.39, 0.29) is 18.5 Å². The first kappa shape index (κ1) is 23.0. The van der Waals surface area contributed by atoms with Gasteiger partial charge < -0.3 is 14.2 Å². The van der Waals surface area contributed by atoms with E-state index in [1.54, 1.807) is 0 Å². The molecule has 8 nitrogen and oxygen atoms in total. The number of alkyl carbamates (subject to hydrolysis) is 1. The SMILES string of the molecule is COC(=O)C(=Cc1nn(C2CCCCO2)c2cc(Br)ccc12)NC(=O)OCc1ccccc1. The number of hydrogen-bond acceptors (Lipinski definition) is 6. The van der Waals surface area contributed by atoms with Crippen LogP contribution in [0.3, 0.4) is 0 Å². The molecule has 1 saturated heterocycles. The third-order valence-corrected chi connectivity index (χ3v) is 5.76. The predicted octanol–water partition coefficient (Wildman–Crippen LogP) is 4.94. The van der Waals surface area contributed by atoms with E-state index in [1.807, 2.05) is 53.2 Å². The van der Waals surface area contributed by atoms with Gasteiger partial charge in [-0.2, -0.15) is 5.10 Å². The molecule has 9 heteroatoms. The molecule has 3 aromatic rings. The van der Waals surface area contributed by atoms with Crippen LogP contribution in [0.1, 0.15) is 36.7 Å². The Morgan fingerprint density at radius 3 is 2.79 bits per heavy atom. The number of halogens is 1. The van der Waals surface area contributed by atoms with E-state index in [0.717, 1.165) is 40.2 Å². The number of carbonyl (C=O) groups is 2. The molecule has 0 bridgehead atoms. The second kappa shape index (κ2) is 10.6. The van der Waals surface area contributed by atoms with Gasteiger partial charge in [0.1, 0.15) is 12.3 Å². The molecule has 1 aliphatic heterocycles. The first-order valence-corrected chi connectivity index (χ1v) is 11.4. The fourth-order valence-electron chi connectivity index (χ4n) is 3.64. The van der Waals surface area contributed by atoms with Crippen molar-refractivity contribution in [2.45, 2.75) is 32.1 Å². The topological polar surface area (TPSA) is 91.7 Å². The molecular weight excluding hydrogens is 490 g/mol. The third kappa shape index (κ3) is 5.61. The number of benzene rings is 2. The van der Waals surface area contributed by atoms with Gasteiger partial charge >= 0.3 is 12.1 Å². The standard InChI is InChI=1S/C24H24BrN3O5/c1-31-23(29)20(26-24(30)33-15-16-7-3-2-4-8-16)14-19-18-11-10-17(25)13-21(18)28(27-19)22-9-5-6-12-32-22/h2-4,7-8,10-11,13-14,22H,5-6,9,12,15H2,1H3,(H,26,30). The molecular formula is C24H24BrN3O5. The van der Waals surface area contributed by atoms with Crippen LogP contribution >= 0.6 is 15.9 Å². The summed E-state index contributed by atoms with van der Waals surface area (Å²) in [4.78, 5) is 24.8. The van der Waals surface area contributed by atoms with Gasteiger partial charge in [-0.1, -0.05) is 46.3 Å². The van der Waals surface area contributed by atoms with E-state index >= 15 is 0 Å². The summed E-state index contributed by atoms with van der Waals surface area (Å²) in [6.07, 6.45) is 3.45. The second-order valence-electron chi connectivity index (χ2n) is 7.55. The minimum atomic E-state index is -0.766. The van der Waals surface area contributed by atoms with Gasteiger partial charge in [-0.15, -0.1) is 0 Å². The number of amides is 1. The summed E-state index contributed by atoms with van der Waals surface area (Å²) >= 11 is 3.51. The number of nitrogens with one attached hydrogen (secondary N) is 1. The average molecular weight is 514 g/mol. The van der Waals surface area contributed by atoms with Crippen molar-refractivity contribution in [3.05, 3.63) is 70.0 Å². The summed E-state index contributed by atoms with van der Waals surface area (Å²) in [6, 6.07) is 15.0. The number of hydrogen-bond donors (Lipinski definition) is 1. The van der Waals surface area contributed by atoms with Crippen LogP contribution in [0.5, 0.6) is 0 Å². The number of carbonyl (C=O) groups excluding carboxylic acids is 2. The quantitative estimate of drug-likeness (QED) is 0.370. The lowest BCUT2D eigenvalue weighted by atomic mass is 10.1. The molecule has 4 rings (SSSR count). The van der Waals surface area contributed by atoms with Crippen molar-refractivity contribution in [1.29, 1.82) is 0 Å². The zero-order chi connectivity index (χ0) is 23.2. The first-order chi connectivity index (χ1) is 16.0. The van der Waals surface area contributed by atoms with E-state index in [1.165, 1.54) is 13.2 Å². The Labute approximate surface area is 199 Å². The molecule has 1 aromatic heterocycles. The lowest BCUT2D eigenvalue weighted by molar-refractivity contribution is -0.136. The van der Waals surface area contributed by atoms with Gasteiger partial charge in [-0.05, 0) is 49.1 Å². The number of rotatable bonds is 6. The fraction of sp³-hybridized carbons (Fsp3) is 0.292. The van der Waals surface area contributed by atoms with Crippen molar-refractivity contribution in [3.63, 3.8) is 0 Å². The van der Waals surface area contributed by atoms with Crippen LogP contribution in [-0.4, -0.2) is 35.6 Å². The summed E-state index contributed by atoms with van der Waals surface area (Å²) in [7, 11) is 1.25. The monoisotopic (exact) mass is 513 g/mol. The van der Waals surface area contributed by atoms with Crippen LogP contribution in [0.25, 0.3) is 17.0 Å². The van der Waals surface area contributed by atoms with E-state index in [0.29, 0.717) is 12.3 Å². The maximum atomic E-state index is 12.4. The molecule has 1 amide bonds. The molecule has 1 unspecified atom stereocenters. The molecule has 1 aliphatic rings. The normalized spacial score (nSPS) is 16.4. The van der Waals surface area contributed by atoms with Gasteiger partial charge in [0.15, 0.2) is 6.23 Å². The molecule has 33 heavy (non-hydrogen) atoms. The summed E-state index contributed by atoms with van der Waals surface area (Å²) in [5, 5.41) is 8.01. The molecule has 0 radical (unpaired) electrons. The molecule has 1 fully saturated rings. The number of methoxy groups -OCH3 is 1. The number of nitrogens with zero attached hydrogens (tertiary/aromatic N) is 2. The lowest BCUT2D eigenvalue weighted by Crippen LogP contribution is -2.28. The fourth-order valence-corrected chi connectivity index (χ4v) is 3.99. The minimum absolute atomic E-state index is 0.0745. The summed E-state index contributed by atoms with van der Waals surface area (Å²) in [5.74, 6) is -0.708. The van der Waals surface area contributed by atoms with Gasteiger partial charge in [-0.25, -0.2) is 14.3 Å².